The van der Waals surface area contributed by atoms with Crippen LogP contribution >= 0.6 is 0 Å². The van der Waals surface area contributed by atoms with Crippen molar-refractivity contribution in [3.8, 4) is 11.4 Å². The number of fused-ring (bicyclic) bond motifs is 2. The van der Waals surface area contributed by atoms with Gasteiger partial charge >= 0.3 is 0 Å². The van der Waals surface area contributed by atoms with E-state index in [-0.39, 0.29) is 0 Å². The van der Waals surface area contributed by atoms with Gasteiger partial charge < -0.3 is 5.21 Å². The Morgan fingerprint density at radius 1 is 1.06 bits per heavy atom. The van der Waals surface area contributed by atoms with E-state index in [0.29, 0.717) is 27.8 Å². The SMILES string of the molecule is N=c1cccc2n(O)c3ccccc3nc1-2. The third-order valence-corrected chi connectivity index (χ3v) is 2.59. The van der Waals surface area contributed by atoms with Gasteiger partial charge in [-0.2, -0.15) is 4.73 Å². The van der Waals surface area contributed by atoms with E-state index in [1.165, 1.54) is 0 Å². The highest BCUT2D eigenvalue weighted by molar-refractivity contribution is 5.79. The number of rotatable bonds is 0. The molecule has 1 aliphatic heterocycles. The van der Waals surface area contributed by atoms with E-state index in [9.17, 15) is 5.21 Å². The van der Waals surface area contributed by atoms with Gasteiger partial charge in [0.15, 0.2) is 0 Å². The first-order valence-electron chi connectivity index (χ1n) is 4.92. The molecule has 3 rings (SSSR count). The quantitative estimate of drug-likeness (QED) is 0.440. The molecule has 0 saturated carbocycles. The van der Waals surface area contributed by atoms with Gasteiger partial charge in [0, 0.05) is 0 Å². The van der Waals surface area contributed by atoms with Crippen molar-refractivity contribution < 1.29 is 5.21 Å². The molecule has 1 aromatic carbocycles. The van der Waals surface area contributed by atoms with Crippen LogP contribution in [0.4, 0.5) is 0 Å². The molecule has 2 aliphatic rings. The zero-order valence-electron chi connectivity index (χ0n) is 8.38. The maximum Gasteiger partial charge on any atom is 0.116 e. The standard InChI is InChI=1S/C12H9N3O/c13-8-4-3-7-11-12(8)14-9-5-1-2-6-10(9)15(11)16/h1-7,13,16H. The fourth-order valence-corrected chi connectivity index (χ4v) is 1.81. The van der Waals surface area contributed by atoms with E-state index in [0.717, 1.165) is 4.73 Å². The maximum absolute atomic E-state index is 10.0. The van der Waals surface area contributed by atoms with E-state index >= 15 is 0 Å². The molecule has 0 saturated heterocycles. The first-order valence-corrected chi connectivity index (χ1v) is 4.92. The van der Waals surface area contributed by atoms with Gasteiger partial charge in [-0.1, -0.05) is 18.2 Å². The van der Waals surface area contributed by atoms with Gasteiger partial charge in [0.2, 0.25) is 0 Å². The van der Waals surface area contributed by atoms with Crippen LogP contribution in [0.1, 0.15) is 0 Å². The van der Waals surface area contributed by atoms with E-state index in [4.69, 9.17) is 5.41 Å². The molecule has 78 valence electrons. The van der Waals surface area contributed by atoms with Gasteiger partial charge in [-0.05, 0) is 24.3 Å². The third kappa shape index (κ3) is 1.10. The summed E-state index contributed by atoms with van der Waals surface area (Å²) in [6.07, 6.45) is 0. The van der Waals surface area contributed by atoms with Crippen LogP contribution in [-0.2, 0) is 0 Å². The topological polar surface area (TPSA) is 61.9 Å². The molecule has 0 spiro atoms. The van der Waals surface area contributed by atoms with Crippen molar-refractivity contribution >= 4 is 11.0 Å². The Morgan fingerprint density at radius 2 is 1.88 bits per heavy atom. The lowest BCUT2D eigenvalue weighted by atomic mass is 10.2. The highest BCUT2D eigenvalue weighted by Gasteiger charge is 2.11. The summed E-state index contributed by atoms with van der Waals surface area (Å²) in [6, 6.07) is 12.4. The molecule has 2 N–H and O–H groups in total. The molecule has 1 aliphatic carbocycles. The highest BCUT2D eigenvalue weighted by atomic mass is 16.5. The van der Waals surface area contributed by atoms with Crippen molar-refractivity contribution in [1.82, 2.24) is 9.71 Å². The lowest BCUT2D eigenvalue weighted by Gasteiger charge is -2.12. The molecule has 16 heavy (non-hydrogen) atoms. The van der Waals surface area contributed by atoms with Gasteiger partial charge in [-0.15, -0.1) is 0 Å². The Bertz CT molecular complexity index is 702. The van der Waals surface area contributed by atoms with E-state index in [2.05, 4.69) is 4.98 Å². The number of benzene rings is 2. The summed E-state index contributed by atoms with van der Waals surface area (Å²) in [6.45, 7) is 0. The molecule has 4 nitrogen and oxygen atoms in total. The average Bonchev–Trinajstić information content (AvgIpc) is 2.31. The summed E-state index contributed by atoms with van der Waals surface area (Å²) < 4.78 is 1.08. The lowest BCUT2D eigenvalue weighted by molar-refractivity contribution is 0.202. The normalized spacial score (nSPS) is 11.0. The molecular formula is C12H9N3O. The molecule has 0 radical (unpaired) electrons. The number of nitrogens with zero attached hydrogens (tertiary/aromatic N) is 2. The number of nitrogens with one attached hydrogen (secondary N) is 1. The first-order chi connectivity index (χ1) is 7.77. The Morgan fingerprint density at radius 3 is 2.75 bits per heavy atom. The van der Waals surface area contributed by atoms with Crippen molar-refractivity contribution in [3.05, 3.63) is 47.8 Å². The number of aromatic nitrogens is 2. The van der Waals surface area contributed by atoms with Gasteiger partial charge in [0.05, 0.1) is 10.9 Å². The van der Waals surface area contributed by atoms with Crippen LogP contribution in [0.2, 0.25) is 0 Å². The zero-order valence-corrected chi connectivity index (χ0v) is 8.38. The third-order valence-electron chi connectivity index (χ3n) is 2.59. The fourth-order valence-electron chi connectivity index (χ4n) is 1.81. The number of para-hydroxylation sites is 3. The van der Waals surface area contributed by atoms with Crippen molar-refractivity contribution in [2.45, 2.75) is 0 Å². The van der Waals surface area contributed by atoms with E-state index < -0.39 is 0 Å². The summed E-state index contributed by atoms with van der Waals surface area (Å²) in [5.41, 5.74) is 2.37. The fraction of sp³-hybridized carbons (Fsp3) is 0. The Balaban J connectivity index is 2.61. The summed E-state index contributed by atoms with van der Waals surface area (Å²) in [5.74, 6) is 0. The monoisotopic (exact) mass is 211 g/mol. The molecule has 0 unspecified atom stereocenters. The van der Waals surface area contributed by atoms with Gasteiger partial charge in [0.25, 0.3) is 0 Å². The van der Waals surface area contributed by atoms with Crippen molar-refractivity contribution in [2.24, 2.45) is 0 Å². The second-order valence-electron chi connectivity index (χ2n) is 3.59. The molecule has 1 aromatic rings. The molecule has 0 amide bonds. The number of hydrogen-bond acceptors (Lipinski definition) is 3. The van der Waals surface area contributed by atoms with Crippen LogP contribution < -0.4 is 5.36 Å². The summed E-state index contributed by atoms with van der Waals surface area (Å²) >= 11 is 0. The van der Waals surface area contributed by atoms with Crippen molar-refractivity contribution in [2.75, 3.05) is 0 Å². The molecule has 0 bridgehead atoms. The molecule has 0 atom stereocenters. The van der Waals surface area contributed by atoms with Gasteiger partial charge in [-0.3, -0.25) is 5.41 Å². The average molecular weight is 211 g/mol. The second-order valence-corrected chi connectivity index (χ2v) is 3.59. The van der Waals surface area contributed by atoms with Crippen LogP contribution in [0.15, 0.2) is 42.5 Å². The second kappa shape index (κ2) is 3.06. The minimum absolute atomic E-state index is 0.311. The van der Waals surface area contributed by atoms with Crippen molar-refractivity contribution in [3.63, 3.8) is 0 Å². The van der Waals surface area contributed by atoms with Crippen LogP contribution in [0.3, 0.4) is 0 Å². The summed E-state index contributed by atoms with van der Waals surface area (Å²) in [7, 11) is 0. The van der Waals surface area contributed by atoms with E-state index in [1.807, 2.05) is 18.2 Å². The largest absolute Gasteiger partial charge is 0.428 e. The Kier molecular flexibility index (Phi) is 1.71. The first kappa shape index (κ1) is 8.91. The maximum atomic E-state index is 10.0. The molecule has 4 heteroatoms. The summed E-state index contributed by atoms with van der Waals surface area (Å²) in [4.78, 5) is 4.37. The van der Waals surface area contributed by atoms with Gasteiger partial charge in [0.1, 0.15) is 16.9 Å². The van der Waals surface area contributed by atoms with Crippen LogP contribution in [0.25, 0.3) is 22.4 Å². The smallest absolute Gasteiger partial charge is 0.116 e. The van der Waals surface area contributed by atoms with Crippen molar-refractivity contribution in [1.29, 1.82) is 5.41 Å². The molecule has 1 heterocycles. The minimum atomic E-state index is 0.311. The minimum Gasteiger partial charge on any atom is -0.428 e. The van der Waals surface area contributed by atoms with E-state index in [1.54, 1.807) is 24.3 Å². The predicted octanol–water partition coefficient (Wildman–Crippen LogP) is 1.86. The van der Waals surface area contributed by atoms with Crippen LogP contribution in [0, 0.1) is 5.41 Å². The molecule has 0 aromatic heterocycles. The summed E-state index contributed by atoms with van der Waals surface area (Å²) in [5, 5.41) is 18.1. The Labute approximate surface area is 91.2 Å². The lowest BCUT2D eigenvalue weighted by Crippen LogP contribution is -2.13. The molecule has 0 fully saturated rings. The zero-order chi connectivity index (χ0) is 11.1. The van der Waals surface area contributed by atoms with Gasteiger partial charge in [-0.25, -0.2) is 4.98 Å². The Hall–Kier alpha value is -2.36. The molecular weight excluding hydrogens is 202 g/mol. The highest BCUT2D eigenvalue weighted by Crippen LogP contribution is 2.20. The van der Waals surface area contributed by atoms with Crippen LogP contribution in [-0.4, -0.2) is 14.9 Å². The number of hydrogen-bond donors (Lipinski definition) is 2. The van der Waals surface area contributed by atoms with Crippen LogP contribution in [0.5, 0.6) is 0 Å². The predicted molar refractivity (Wildman–Crippen MR) is 59.4 cm³/mol.